The summed E-state index contributed by atoms with van der Waals surface area (Å²) in [4.78, 5) is 31.2. The number of carbonyl (C=O) groups is 1. The fraction of sp³-hybridized carbons (Fsp3) is 0.429. The molecule has 1 saturated heterocycles. The lowest BCUT2D eigenvalue weighted by molar-refractivity contribution is -0.111. The number of amides is 1. The van der Waals surface area contributed by atoms with Crippen molar-refractivity contribution in [2.24, 2.45) is 0 Å². The van der Waals surface area contributed by atoms with Gasteiger partial charge in [0.2, 0.25) is 17.7 Å². The first-order chi connectivity index (χ1) is 14.6. The molecule has 3 heterocycles. The van der Waals surface area contributed by atoms with Gasteiger partial charge in [-0.3, -0.25) is 4.79 Å². The zero-order valence-electron chi connectivity index (χ0n) is 17.5. The third-order valence-corrected chi connectivity index (χ3v) is 5.61. The van der Waals surface area contributed by atoms with Gasteiger partial charge >= 0.3 is 0 Å². The molecule has 30 heavy (non-hydrogen) atoms. The number of nitrogens with one attached hydrogen (secondary N) is 1. The third kappa shape index (κ3) is 6.17. The Morgan fingerprint density at radius 1 is 1.27 bits per heavy atom. The van der Waals surface area contributed by atoms with Gasteiger partial charge in [0.15, 0.2) is 0 Å². The second kappa shape index (κ2) is 10.9. The first-order valence-electron chi connectivity index (χ1n) is 10.1. The van der Waals surface area contributed by atoms with Crippen LogP contribution in [-0.2, 0) is 4.79 Å². The highest BCUT2D eigenvalue weighted by Gasteiger charge is 2.19. The molecule has 0 spiro atoms. The zero-order chi connectivity index (χ0) is 21.3. The van der Waals surface area contributed by atoms with E-state index in [1.54, 1.807) is 12.3 Å². The van der Waals surface area contributed by atoms with Crippen molar-refractivity contribution >= 4 is 29.4 Å². The van der Waals surface area contributed by atoms with Crippen LogP contribution in [0.5, 0.6) is 5.88 Å². The number of ether oxygens (including phenoxy) is 1. The van der Waals surface area contributed by atoms with Crippen LogP contribution in [0.15, 0.2) is 47.0 Å². The molecule has 1 N–H and O–H groups in total. The molecule has 2 aromatic heterocycles. The molecule has 1 aliphatic rings. The molecule has 160 valence electrons. The molecule has 0 aliphatic carbocycles. The van der Waals surface area contributed by atoms with Gasteiger partial charge in [0.1, 0.15) is 5.82 Å². The number of rotatable bonds is 9. The van der Waals surface area contributed by atoms with Crippen molar-refractivity contribution in [2.75, 3.05) is 50.1 Å². The van der Waals surface area contributed by atoms with Gasteiger partial charge in [-0.15, -0.1) is 0 Å². The van der Waals surface area contributed by atoms with Crippen LogP contribution in [-0.4, -0.2) is 65.6 Å². The SMILES string of the molecule is C=CC(=O)Nc1ccc(Sc2cnc(N3CCN(C)CC3)nc2OCCCC)cn1. The highest BCUT2D eigenvalue weighted by molar-refractivity contribution is 7.99. The quantitative estimate of drug-likeness (QED) is 0.482. The van der Waals surface area contributed by atoms with E-state index in [4.69, 9.17) is 9.72 Å². The number of unbranched alkanes of at least 4 members (excludes halogenated alkanes) is 1. The fourth-order valence-electron chi connectivity index (χ4n) is 2.81. The number of hydrogen-bond donors (Lipinski definition) is 1. The predicted octanol–water partition coefficient (Wildman–Crippen LogP) is 3.08. The van der Waals surface area contributed by atoms with Gasteiger partial charge in [0, 0.05) is 37.3 Å². The molecule has 0 unspecified atom stereocenters. The molecule has 0 radical (unpaired) electrons. The molecule has 0 bridgehead atoms. The van der Waals surface area contributed by atoms with Crippen molar-refractivity contribution in [1.29, 1.82) is 0 Å². The van der Waals surface area contributed by atoms with Crippen LogP contribution < -0.4 is 15.0 Å². The second-order valence-electron chi connectivity index (χ2n) is 7.01. The smallest absolute Gasteiger partial charge is 0.248 e. The van der Waals surface area contributed by atoms with Crippen LogP contribution in [0.3, 0.4) is 0 Å². The lowest BCUT2D eigenvalue weighted by Crippen LogP contribution is -2.45. The van der Waals surface area contributed by atoms with Crippen molar-refractivity contribution in [3.8, 4) is 5.88 Å². The molecule has 1 aliphatic heterocycles. The lowest BCUT2D eigenvalue weighted by Gasteiger charge is -2.32. The van der Waals surface area contributed by atoms with Gasteiger partial charge in [-0.2, -0.15) is 4.98 Å². The topological polar surface area (TPSA) is 83.5 Å². The van der Waals surface area contributed by atoms with Crippen LogP contribution in [0.25, 0.3) is 0 Å². The molecule has 8 nitrogen and oxygen atoms in total. The van der Waals surface area contributed by atoms with Crippen LogP contribution >= 0.6 is 11.8 Å². The molecule has 3 rings (SSSR count). The van der Waals surface area contributed by atoms with Gasteiger partial charge in [-0.05, 0) is 31.7 Å². The number of likely N-dealkylation sites (N-methyl/N-ethyl adjacent to an activating group) is 1. The van der Waals surface area contributed by atoms with Gasteiger partial charge in [0.25, 0.3) is 0 Å². The summed E-state index contributed by atoms with van der Waals surface area (Å²) in [6, 6.07) is 3.64. The Kier molecular flexibility index (Phi) is 8.04. The molecule has 2 aromatic rings. The summed E-state index contributed by atoms with van der Waals surface area (Å²) in [5, 5.41) is 2.64. The molecule has 0 aromatic carbocycles. The normalized spacial score (nSPS) is 14.4. The number of piperazine rings is 1. The average Bonchev–Trinajstić information content (AvgIpc) is 2.76. The fourth-order valence-corrected chi connectivity index (χ4v) is 3.60. The monoisotopic (exact) mass is 428 g/mol. The summed E-state index contributed by atoms with van der Waals surface area (Å²) in [6.45, 7) is 9.98. The molecule has 1 amide bonds. The number of hydrogen-bond acceptors (Lipinski definition) is 8. The van der Waals surface area contributed by atoms with E-state index in [9.17, 15) is 4.79 Å². The van der Waals surface area contributed by atoms with E-state index in [0.717, 1.165) is 48.8 Å². The zero-order valence-corrected chi connectivity index (χ0v) is 18.3. The first kappa shape index (κ1) is 22.0. The number of nitrogens with zero attached hydrogens (tertiary/aromatic N) is 5. The Bertz CT molecular complexity index is 853. The number of carbonyl (C=O) groups excluding carboxylic acids is 1. The van der Waals surface area contributed by atoms with E-state index in [1.165, 1.54) is 17.8 Å². The summed E-state index contributed by atoms with van der Waals surface area (Å²) < 4.78 is 6.00. The van der Waals surface area contributed by atoms with E-state index in [0.29, 0.717) is 24.3 Å². The lowest BCUT2D eigenvalue weighted by atomic mass is 10.3. The van der Waals surface area contributed by atoms with Gasteiger partial charge in [0.05, 0.1) is 17.7 Å². The Morgan fingerprint density at radius 2 is 2.07 bits per heavy atom. The van der Waals surface area contributed by atoms with Crippen LogP contribution in [0.4, 0.5) is 11.8 Å². The molecular weight excluding hydrogens is 400 g/mol. The van der Waals surface area contributed by atoms with Crippen molar-refractivity contribution in [2.45, 2.75) is 29.6 Å². The minimum atomic E-state index is -0.289. The number of aromatic nitrogens is 3. The van der Waals surface area contributed by atoms with Crippen molar-refractivity contribution < 1.29 is 9.53 Å². The second-order valence-corrected chi connectivity index (χ2v) is 8.12. The van der Waals surface area contributed by atoms with Crippen LogP contribution in [0, 0.1) is 0 Å². The van der Waals surface area contributed by atoms with Crippen molar-refractivity contribution in [1.82, 2.24) is 19.9 Å². The third-order valence-electron chi connectivity index (χ3n) is 4.63. The van der Waals surface area contributed by atoms with Gasteiger partial charge < -0.3 is 19.9 Å². The summed E-state index contributed by atoms with van der Waals surface area (Å²) in [6.07, 6.45) is 6.76. The Balaban J connectivity index is 1.75. The number of pyridine rings is 1. The Morgan fingerprint density at radius 3 is 2.73 bits per heavy atom. The maximum Gasteiger partial charge on any atom is 0.248 e. The largest absolute Gasteiger partial charge is 0.477 e. The van der Waals surface area contributed by atoms with Crippen LogP contribution in [0.1, 0.15) is 19.8 Å². The molecular formula is C21H28N6O2S. The van der Waals surface area contributed by atoms with Gasteiger partial charge in [-0.25, -0.2) is 9.97 Å². The standard InChI is InChI=1S/C21H28N6O2S/c1-4-6-13-29-20-17(15-23-21(25-20)27-11-9-26(3)10-12-27)30-16-7-8-18(22-14-16)24-19(28)5-2/h5,7-8,14-15H,2,4,6,9-13H2,1,3H3,(H,22,24,28). The van der Waals surface area contributed by atoms with Crippen LogP contribution in [0.2, 0.25) is 0 Å². The Hall–Kier alpha value is -2.65. The summed E-state index contributed by atoms with van der Waals surface area (Å²) in [7, 11) is 2.12. The molecule has 9 heteroatoms. The molecule has 1 fully saturated rings. The van der Waals surface area contributed by atoms with E-state index in [-0.39, 0.29) is 5.91 Å². The summed E-state index contributed by atoms with van der Waals surface area (Å²) in [5.41, 5.74) is 0. The number of anilines is 2. The summed E-state index contributed by atoms with van der Waals surface area (Å²) in [5.74, 6) is 1.49. The van der Waals surface area contributed by atoms with E-state index < -0.39 is 0 Å². The molecule has 0 atom stereocenters. The van der Waals surface area contributed by atoms with Gasteiger partial charge in [-0.1, -0.05) is 31.7 Å². The Labute approximate surface area is 181 Å². The maximum atomic E-state index is 11.4. The summed E-state index contributed by atoms with van der Waals surface area (Å²) >= 11 is 1.49. The molecule has 0 saturated carbocycles. The average molecular weight is 429 g/mol. The minimum Gasteiger partial charge on any atom is -0.477 e. The highest BCUT2D eigenvalue weighted by atomic mass is 32.2. The first-order valence-corrected chi connectivity index (χ1v) is 10.9. The predicted molar refractivity (Wildman–Crippen MR) is 119 cm³/mol. The van der Waals surface area contributed by atoms with E-state index in [1.807, 2.05) is 12.3 Å². The highest BCUT2D eigenvalue weighted by Crippen LogP contribution is 2.34. The van der Waals surface area contributed by atoms with Crippen molar-refractivity contribution in [3.63, 3.8) is 0 Å². The van der Waals surface area contributed by atoms with Crippen molar-refractivity contribution in [3.05, 3.63) is 37.2 Å². The maximum absolute atomic E-state index is 11.4. The minimum absolute atomic E-state index is 0.289. The van der Waals surface area contributed by atoms with E-state index >= 15 is 0 Å². The van der Waals surface area contributed by atoms with E-state index in [2.05, 4.69) is 45.6 Å².